The first kappa shape index (κ1) is 16.0. The molecule has 2 rings (SSSR count). The number of amides is 1. The summed E-state index contributed by atoms with van der Waals surface area (Å²) >= 11 is 0. The van der Waals surface area contributed by atoms with Gasteiger partial charge in [-0.05, 0) is 6.54 Å². The molecule has 1 saturated heterocycles. The lowest BCUT2D eigenvalue weighted by atomic mass is 10.1. The number of piperazine rings is 1. The maximum Gasteiger partial charge on any atom is 0.237 e. The lowest BCUT2D eigenvalue weighted by Crippen LogP contribution is -2.51. The van der Waals surface area contributed by atoms with Gasteiger partial charge in [-0.2, -0.15) is 0 Å². The van der Waals surface area contributed by atoms with Crippen LogP contribution in [0.4, 0.5) is 0 Å². The van der Waals surface area contributed by atoms with E-state index in [4.69, 9.17) is 0 Å². The molecule has 0 saturated carbocycles. The molecule has 0 aromatic carbocycles. The van der Waals surface area contributed by atoms with E-state index in [0.717, 1.165) is 18.9 Å². The summed E-state index contributed by atoms with van der Waals surface area (Å²) in [6.07, 6.45) is 3.44. The molecule has 1 N–H and O–H groups in total. The maximum absolute atomic E-state index is 12.2. The number of hydrogen-bond donors (Lipinski definition) is 1. The van der Waals surface area contributed by atoms with E-state index in [-0.39, 0.29) is 17.7 Å². The van der Waals surface area contributed by atoms with Gasteiger partial charge in [-0.25, -0.2) is 13.4 Å². The molecule has 1 aromatic rings. The third kappa shape index (κ3) is 3.82. The number of H-pyrrole nitrogens is 1. The molecule has 1 aromatic heterocycles. The van der Waals surface area contributed by atoms with Crippen molar-refractivity contribution in [2.75, 3.05) is 37.7 Å². The van der Waals surface area contributed by atoms with E-state index in [1.54, 1.807) is 24.2 Å². The maximum atomic E-state index is 12.2. The number of imidazole rings is 1. The van der Waals surface area contributed by atoms with Gasteiger partial charge >= 0.3 is 0 Å². The molecule has 118 valence electrons. The second-order valence-electron chi connectivity index (χ2n) is 5.14. The fourth-order valence-corrected chi connectivity index (χ4v) is 3.29. The van der Waals surface area contributed by atoms with Crippen LogP contribution in [0.15, 0.2) is 12.4 Å². The minimum Gasteiger partial charge on any atom is -0.347 e. The fraction of sp³-hybridized carbons (Fsp3) is 0.692. The molecule has 0 unspecified atom stereocenters. The van der Waals surface area contributed by atoms with Crippen molar-refractivity contribution in [3.63, 3.8) is 0 Å². The van der Waals surface area contributed by atoms with Crippen LogP contribution in [0.3, 0.4) is 0 Å². The lowest BCUT2D eigenvalue weighted by molar-refractivity contribution is -0.131. The molecule has 0 radical (unpaired) electrons. The Hall–Kier alpha value is -1.41. The van der Waals surface area contributed by atoms with E-state index in [1.165, 1.54) is 0 Å². The number of likely N-dealkylation sites (N-methyl/N-ethyl adjacent to an activating group) is 1. The van der Waals surface area contributed by atoms with E-state index in [2.05, 4.69) is 21.8 Å². The van der Waals surface area contributed by atoms with E-state index in [0.29, 0.717) is 13.1 Å². The first-order valence-electron chi connectivity index (χ1n) is 7.18. The molecule has 1 aliphatic rings. The highest BCUT2D eigenvalue weighted by Crippen LogP contribution is 2.22. The Kier molecular flexibility index (Phi) is 5.00. The molecule has 1 fully saturated rings. The third-order valence-electron chi connectivity index (χ3n) is 3.87. The zero-order chi connectivity index (χ0) is 15.5. The Morgan fingerprint density at radius 1 is 1.43 bits per heavy atom. The van der Waals surface area contributed by atoms with Gasteiger partial charge in [0, 0.05) is 37.8 Å². The van der Waals surface area contributed by atoms with Crippen LogP contribution in [-0.2, 0) is 14.6 Å². The second kappa shape index (κ2) is 6.57. The van der Waals surface area contributed by atoms with Crippen LogP contribution in [0.5, 0.6) is 0 Å². The van der Waals surface area contributed by atoms with Gasteiger partial charge < -0.3 is 9.88 Å². The molecule has 1 aliphatic heterocycles. The van der Waals surface area contributed by atoms with Crippen molar-refractivity contribution in [1.29, 1.82) is 0 Å². The van der Waals surface area contributed by atoms with Crippen LogP contribution >= 0.6 is 0 Å². The molecule has 7 nitrogen and oxygen atoms in total. The Balaban J connectivity index is 2.09. The first-order valence-corrected chi connectivity index (χ1v) is 9.00. The molecule has 8 heteroatoms. The van der Waals surface area contributed by atoms with Crippen molar-refractivity contribution < 1.29 is 13.2 Å². The standard InChI is InChI=1S/C13H22N4O3S/c1-3-16-7-8-17(12(18)10-21(19,20)4-2)9-11(16)13-14-5-6-15-13/h5-6,11H,3-4,7-10H2,1-2H3,(H,14,15)/t11-/m1/s1. The summed E-state index contributed by atoms with van der Waals surface area (Å²) in [5, 5.41) is 0. The monoisotopic (exact) mass is 314 g/mol. The minimum absolute atomic E-state index is 0.00469. The van der Waals surface area contributed by atoms with E-state index in [1.807, 2.05) is 0 Å². The number of nitrogens with one attached hydrogen (secondary N) is 1. The number of sulfone groups is 1. The van der Waals surface area contributed by atoms with Crippen molar-refractivity contribution in [2.45, 2.75) is 19.9 Å². The van der Waals surface area contributed by atoms with Crippen molar-refractivity contribution in [3.8, 4) is 0 Å². The van der Waals surface area contributed by atoms with Crippen LogP contribution in [0.1, 0.15) is 25.7 Å². The lowest BCUT2D eigenvalue weighted by Gasteiger charge is -2.40. The van der Waals surface area contributed by atoms with Gasteiger partial charge in [-0.15, -0.1) is 0 Å². The minimum atomic E-state index is -3.29. The van der Waals surface area contributed by atoms with Crippen LogP contribution in [0.2, 0.25) is 0 Å². The van der Waals surface area contributed by atoms with Gasteiger partial charge in [-0.1, -0.05) is 13.8 Å². The summed E-state index contributed by atoms with van der Waals surface area (Å²) in [7, 11) is -3.29. The van der Waals surface area contributed by atoms with Gasteiger partial charge in [0.2, 0.25) is 5.91 Å². The fourth-order valence-electron chi connectivity index (χ4n) is 2.53. The summed E-state index contributed by atoms with van der Waals surface area (Å²) in [5.74, 6) is 0.0901. The van der Waals surface area contributed by atoms with Crippen LogP contribution in [0, 0.1) is 0 Å². The molecule has 0 aliphatic carbocycles. The average molecular weight is 314 g/mol. The van der Waals surface area contributed by atoms with Crippen molar-refractivity contribution in [2.24, 2.45) is 0 Å². The molecular formula is C13H22N4O3S. The predicted molar refractivity (Wildman–Crippen MR) is 79.5 cm³/mol. The number of carbonyl (C=O) groups is 1. The van der Waals surface area contributed by atoms with E-state index in [9.17, 15) is 13.2 Å². The number of aromatic amines is 1. The largest absolute Gasteiger partial charge is 0.347 e. The van der Waals surface area contributed by atoms with Gasteiger partial charge in [0.25, 0.3) is 0 Å². The highest BCUT2D eigenvalue weighted by molar-refractivity contribution is 7.92. The molecule has 1 amide bonds. The summed E-state index contributed by atoms with van der Waals surface area (Å²) in [6, 6.07) is -0.00738. The Morgan fingerprint density at radius 3 is 2.76 bits per heavy atom. The molecule has 0 spiro atoms. The number of aromatic nitrogens is 2. The first-order chi connectivity index (χ1) is 9.96. The second-order valence-corrected chi connectivity index (χ2v) is 7.49. The highest BCUT2D eigenvalue weighted by Gasteiger charge is 2.32. The molecule has 1 atom stereocenters. The SMILES string of the molecule is CCN1CCN(C(=O)CS(=O)(=O)CC)C[C@@H]1c1ncc[nH]1. The van der Waals surface area contributed by atoms with Crippen molar-refractivity contribution >= 4 is 15.7 Å². The van der Waals surface area contributed by atoms with Crippen LogP contribution < -0.4 is 0 Å². The van der Waals surface area contributed by atoms with Crippen LogP contribution in [0.25, 0.3) is 0 Å². The Bertz CT molecular complexity index is 570. The topological polar surface area (TPSA) is 86.4 Å². The Morgan fingerprint density at radius 2 is 2.19 bits per heavy atom. The average Bonchev–Trinajstić information content (AvgIpc) is 3.00. The van der Waals surface area contributed by atoms with Gasteiger partial charge in [-0.3, -0.25) is 9.69 Å². The molecule has 0 bridgehead atoms. The predicted octanol–water partition coefficient (Wildman–Crippen LogP) is 0.0496. The van der Waals surface area contributed by atoms with Gasteiger partial charge in [0.05, 0.1) is 6.04 Å². The van der Waals surface area contributed by atoms with E-state index < -0.39 is 15.6 Å². The third-order valence-corrected chi connectivity index (χ3v) is 5.43. The number of carbonyl (C=O) groups excluding carboxylic acids is 1. The molecule has 21 heavy (non-hydrogen) atoms. The smallest absolute Gasteiger partial charge is 0.237 e. The van der Waals surface area contributed by atoms with E-state index >= 15 is 0 Å². The molecule has 2 heterocycles. The van der Waals surface area contributed by atoms with Crippen molar-refractivity contribution in [3.05, 3.63) is 18.2 Å². The van der Waals surface area contributed by atoms with Crippen molar-refractivity contribution in [1.82, 2.24) is 19.8 Å². The van der Waals surface area contributed by atoms with Gasteiger partial charge in [0.15, 0.2) is 9.84 Å². The summed E-state index contributed by atoms with van der Waals surface area (Å²) in [5.41, 5.74) is 0. The zero-order valence-electron chi connectivity index (χ0n) is 12.4. The number of hydrogen-bond acceptors (Lipinski definition) is 5. The number of nitrogens with zero attached hydrogens (tertiary/aromatic N) is 3. The summed E-state index contributed by atoms with van der Waals surface area (Å²) in [4.78, 5) is 23.4. The zero-order valence-corrected chi connectivity index (χ0v) is 13.3. The quantitative estimate of drug-likeness (QED) is 0.830. The van der Waals surface area contributed by atoms with Gasteiger partial charge in [0.1, 0.15) is 11.6 Å². The highest BCUT2D eigenvalue weighted by atomic mass is 32.2. The summed E-state index contributed by atoms with van der Waals surface area (Å²) in [6.45, 7) is 6.24. The Labute approximate surface area is 125 Å². The normalized spacial score (nSPS) is 20.7. The number of rotatable bonds is 5. The van der Waals surface area contributed by atoms with Crippen LogP contribution in [-0.4, -0.2) is 71.8 Å². The summed E-state index contributed by atoms with van der Waals surface area (Å²) < 4.78 is 23.2. The molecular weight excluding hydrogens is 292 g/mol.